The molecule has 0 saturated heterocycles. The second-order valence-electron chi connectivity index (χ2n) is 23.2. The van der Waals surface area contributed by atoms with Crippen LogP contribution >= 0.6 is 34.8 Å². The highest BCUT2D eigenvalue weighted by atomic mass is 35.5. The Morgan fingerprint density at radius 2 is 0.664 bits per heavy atom. The average molecular weight is 1630 g/mol. The van der Waals surface area contributed by atoms with Gasteiger partial charge in [-0.25, -0.2) is 29.9 Å². The fourth-order valence-electron chi connectivity index (χ4n) is 9.20. The zero-order valence-corrected chi connectivity index (χ0v) is 63.9. The van der Waals surface area contributed by atoms with E-state index in [2.05, 4.69) is 53.6 Å². The normalized spacial score (nSPS) is 10.8. The molecule has 0 spiro atoms. The molecule has 0 atom stereocenters. The number of nitrogens with two attached hydrogens (primary N) is 3. The van der Waals surface area contributed by atoms with Gasteiger partial charge in [0.2, 0.25) is 0 Å². The summed E-state index contributed by atoms with van der Waals surface area (Å²) >= 11 is 16.3. The Bertz CT molecular complexity index is 4390. The molecule has 6 aromatic heterocycles. The monoisotopic (exact) mass is 1630 g/mol. The Hall–Kier alpha value is -10.2. The molecule has 35 heteroatoms. The van der Waals surface area contributed by atoms with Crippen molar-refractivity contribution >= 4 is 108 Å². The van der Waals surface area contributed by atoms with Gasteiger partial charge in [-0.2, -0.15) is 52.7 Å². The maximum absolute atomic E-state index is 13.0. The Morgan fingerprint density at radius 3 is 0.929 bits per heavy atom. The van der Waals surface area contributed by atoms with E-state index in [1.165, 1.54) is 52.9 Å². The van der Waals surface area contributed by atoms with Crippen molar-refractivity contribution < 1.29 is 75.8 Å². The number of aryl methyl sites for hydroxylation is 5. The van der Waals surface area contributed by atoms with Crippen LogP contribution in [0, 0.1) is 71.1 Å². The van der Waals surface area contributed by atoms with Crippen LogP contribution in [-0.4, -0.2) is 95.0 Å². The van der Waals surface area contributed by atoms with Gasteiger partial charge in [0, 0.05) is 106 Å². The molecule has 10 aromatic rings. The first-order valence-corrected chi connectivity index (χ1v) is 33.8. The number of halogens is 15. The maximum atomic E-state index is 13.0. The lowest BCUT2D eigenvalue weighted by Crippen LogP contribution is -2.38. The zero-order valence-electron chi connectivity index (χ0n) is 67.6. The van der Waals surface area contributed by atoms with Crippen molar-refractivity contribution in [3.05, 3.63) is 288 Å². The Kier molecular flexibility index (Phi) is 39.6. The predicted molar refractivity (Wildman–Crippen MR) is 439 cm³/mol. The van der Waals surface area contributed by atoms with Gasteiger partial charge in [-0.3, -0.25) is 0 Å². The highest BCUT2D eigenvalue weighted by molar-refractivity contribution is 7.76. The molecule has 0 aliphatic carbocycles. The van der Waals surface area contributed by atoms with Gasteiger partial charge < -0.3 is 41.2 Å². The number of nitrogen functional groups attached to an aromatic ring is 3. The number of benzene rings is 4. The molecule has 0 aliphatic rings. The van der Waals surface area contributed by atoms with E-state index in [0.29, 0.717) is 60.7 Å². The molecule has 0 bridgehead atoms. The van der Waals surface area contributed by atoms with Gasteiger partial charge in [0.05, 0.1) is 44.9 Å². The summed E-state index contributed by atoms with van der Waals surface area (Å²) in [5, 5.41) is -1.23. The molecule has 4 aromatic carbocycles. The lowest BCUT2D eigenvalue weighted by Gasteiger charge is -2.29. The summed E-state index contributed by atoms with van der Waals surface area (Å²) in [4.78, 5) is 27.0. The van der Waals surface area contributed by atoms with Crippen molar-refractivity contribution in [1.29, 1.82) is 0 Å². The largest absolute Gasteiger partial charge is 0.419 e. The molecular weight excluding hydrogens is 1540 g/mol. The summed E-state index contributed by atoms with van der Waals surface area (Å²) < 4.78 is 196. The number of alkyl halides is 12. The second kappa shape index (κ2) is 48.0. The molecule has 10 rings (SSSR count). The molecule has 8 radical (unpaired) electrons. The van der Waals surface area contributed by atoms with Crippen LogP contribution in [0.1, 0.15) is 94.7 Å². The first-order valence-electron chi connectivity index (χ1n) is 35.7. The molecule has 6 N–H and O–H groups in total. The Balaban J connectivity index is 0. The lowest BCUT2D eigenvalue weighted by molar-refractivity contribution is -0.365. The summed E-state index contributed by atoms with van der Waals surface area (Å²) in [5.74, 6) is 9.47. The number of ether oxygens (including phenoxy) is 3. The average Bonchev–Trinajstić information content (AvgIpc) is 0.822. The number of rotatable bonds is 15. The predicted octanol–water partition coefficient (Wildman–Crippen LogP) is 18.6. The van der Waals surface area contributed by atoms with Crippen molar-refractivity contribution in [2.45, 2.75) is 98.9 Å². The molecule has 0 saturated carbocycles. The Labute approximate surface area is 681 Å². The molecular formula is C78H82B6Cl3F12N11O3. The van der Waals surface area contributed by atoms with Crippen LogP contribution in [0.5, 0.6) is 0 Å². The highest BCUT2D eigenvalue weighted by Gasteiger charge is 2.38. The van der Waals surface area contributed by atoms with Gasteiger partial charge in [0.25, 0.3) is 0 Å². The number of methoxy groups -OCH3 is 3. The van der Waals surface area contributed by atoms with Crippen LogP contribution in [0.2, 0.25) is 15.5 Å². The van der Waals surface area contributed by atoms with Gasteiger partial charge in [0.1, 0.15) is 44.5 Å². The topological polar surface area (TPSA) is 190 Å². The van der Waals surface area contributed by atoms with Crippen LogP contribution in [0.4, 0.5) is 81.8 Å². The van der Waals surface area contributed by atoms with Gasteiger partial charge in [0.15, 0.2) is 0 Å². The number of pyridine rings is 6. The number of aromatic nitrogens is 6. The van der Waals surface area contributed by atoms with Crippen molar-refractivity contribution in [2.75, 3.05) is 48.3 Å². The molecule has 6 heterocycles. The van der Waals surface area contributed by atoms with Crippen LogP contribution in [-0.2, 0) is 71.1 Å². The number of nitrogens with zero attached hydrogens (tertiary/aromatic N) is 8. The van der Waals surface area contributed by atoms with Crippen molar-refractivity contribution in [1.82, 2.24) is 29.9 Å². The minimum atomic E-state index is -4.52. The first kappa shape index (κ1) is 93.4. The molecule has 14 nitrogen and oxygen atoms in total. The minimum Gasteiger partial charge on any atom is -0.384 e. The van der Waals surface area contributed by atoms with Crippen molar-refractivity contribution in [2.24, 2.45) is 0 Å². The van der Waals surface area contributed by atoms with Gasteiger partial charge in [-0.15, -0.1) is 12.8 Å². The second-order valence-corrected chi connectivity index (χ2v) is 24.3. The summed E-state index contributed by atoms with van der Waals surface area (Å²) in [6, 6.07) is 55.0. The first-order chi connectivity index (χ1) is 55.5. The van der Waals surface area contributed by atoms with Gasteiger partial charge in [-0.1, -0.05) is 170 Å². The number of anilines is 5. The zero-order chi connectivity index (χ0) is 90.2. The smallest absolute Gasteiger partial charge is 0.384 e. The third-order valence-electron chi connectivity index (χ3n) is 14.8. The van der Waals surface area contributed by atoms with Crippen LogP contribution in [0.25, 0.3) is 0 Å². The summed E-state index contributed by atoms with van der Waals surface area (Å²) in [6.45, 7) is 10.6. The van der Waals surface area contributed by atoms with E-state index in [0.717, 1.165) is 64.3 Å². The van der Waals surface area contributed by atoms with E-state index in [1.807, 2.05) is 164 Å². The summed E-state index contributed by atoms with van der Waals surface area (Å²) in [6.07, 6.45) is -9.53. The third kappa shape index (κ3) is 35.1. The van der Waals surface area contributed by atoms with E-state index < -0.39 is 76.0 Å². The van der Waals surface area contributed by atoms with Gasteiger partial charge in [-0.05, 0) is 153 Å². The van der Waals surface area contributed by atoms with Gasteiger partial charge >= 0.3 is 30.7 Å². The maximum Gasteiger partial charge on any atom is 0.419 e. The van der Waals surface area contributed by atoms with E-state index in [-0.39, 0.29) is 29.8 Å². The van der Waals surface area contributed by atoms with Crippen molar-refractivity contribution in [3.63, 3.8) is 0 Å². The van der Waals surface area contributed by atoms with E-state index in [9.17, 15) is 52.7 Å². The lowest BCUT2D eigenvalue weighted by atomic mass is 8.81. The molecule has 0 amide bonds. The number of hydrogen-bond donors (Lipinski definition) is 3. The standard InChI is InChI=1S/C21H19F3N2.C20H16ClF3N2.C10H16N2O3.C7H7F3N2.C7H10N2.C6H2Cl2F3N.C6H2.CH4.B6.3H2/c1-16-19(21(22,23)24)12-13-20(25-16)26(14-17-8-4-2-5-9-17)15-18-10-6-3-7-11-18;21-19-17(20(22,23)24)11-12-18(25-19)26(13-15-7-3-1-4-8-15)14-16-9-5-2-6-10-16;1-7-8(5-6-9(11)12-7)10(13-2,14-3)15-4;1-4-5(7(8,9)10)2-3-6(11)12-4;1-5-3-4-7(8)9-6(5)2;7-4-2-1-3(5(8)12-4)6(9,10)11;1-3-5-6-4-2;;1-5(2)6(3)4;;;/h2-13H,14-15H2,1H3;1-12H,13-14H2;5-6H,1-4H3,(H2,11,12);2-3H,1H3,(H2,11,12);3-4H,1-2H3,(H2,8,9);1-2H;1-2H;1H4;;3*1H/i;;;;;;;;;3*1+1D. The SMILES string of the molecule is C.C#CC#CC#C.COC(OC)(OC)c1ccc(N)nc1C.Cc1ccc(N)nc1C.Cc1nc(N(Cc2ccccc2)Cc2ccccc2)ccc1C(F)(F)F.Cc1nc(N)ccc1C(F)(F)F.FC(F)(F)c1ccc(Cl)nc1Cl.FC(F)(F)c1ccc(N(Cc2ccccc2)Cc2ccccc2)nc1Cl.[2H][2H].[2H][2H].[2H][2H].[B]B([B])B([B])[B]. The minimum absolute atomic E-state index is 0. The van der Waals surface area contributed by atoms with Crippen LogP contribution < -0.4 is 27.0 Å². The third-order valence-corrected chi connectivity index (χ3v) is 15.6. The molecule has 0 aliphatic heterocycles. The number of hydrogen-bond acceptors (Lipinski definition) is 14. The van der Waals surface area contributed by atoms with Crippen LogP contribution in [0.15, 0.2) is 194 Å². The quantitative estimate of drug-likeness (QED) is 0.0289. The van der Waals surface area contributed by atoms with Crippen molar-refractivity contribution in [3.8, 4) is 36.5 Å². The molecule has 113 heavy (non-hydrogen) atoms. The summed E-state index contributed by atoms with van der Waals surface area (Å²) in [7, 11) is 24.4. The molecule has 0 fully saturated rings. The molecule has 0 unspecified atom stereocenters. The van der Waals surface area contributed by atoms with Crippen LogP contribution in [0.3, 0.4) is 0 Å². The highest BCUT2D eigenvalue weighted by Crippen LogP contribution is 2.38. The van der Waals surface area contributed by atoms with E-state index >= 15 is 0 Å². The van der Waals surface area contributed by atoms with E-state index in [4.69, 9.17) is 119 Å². The Morgan fingerprint density at radius 1 is 0.389 bits per heavy atom. The molecule has 590 valence electrons. The summed E-state index contributed by atoms with van der Waals surface area (Å²) in [5.41, 5.74) is 20.5. The fourth-order valence-corrected chi connectivity index (χ4v) is 9.91. The fraction of sp³-hybridized carbons (Fsp3) is 0.231. The number of terminal acetylenes is 2. The van der Waals surface area contributed by atoms with E-state index in [1.54, 1.807) is 12.1 Å².